The van der Waals surface area contributed by atoms with Crippen molar-refractivity contribution >= 4 is 11.8 Å². The molecule has 4 rings (SSSR count). The number of hydrogen-bond donors (Lipinski definition) is 2. The maximum atomic E-state index is 12.7. The van der Waals surface area contributed by atoms with E-state index in [0.29, 0.717) is 6.54 Å². The Bertz CT molecular complexity index is 942. The van der Waals surface area contributed by atoms with Crippen molar-refractivity contribution in [3.05, 3.63) is 78.4 Å². The zero-order valence-corrected chi connectivity index (χ0v) is 15.0. The number of carbonyl (C=O) groups excluding carboxylic acids is 2. The molecule has 2 amide bonds. The Labute approximate surface area is 161 Å². The molecule has 1 saturated heterocycles. The Morgan fingerprint density at radius 3 is 2.68 bits per heavy atom. The Morgan fingerprint density at radius 1 is 1.18 bits per heavy atom. The van der Waals surface area contributed by atoms with Gasteiger partial charge in [0, 0.05) is 6.54 Å². The molecule has 2 atom stereocenters. The summed E-state index contributed by atoms with van der Waals surface area (Å²) in [5, 5.41) is 9.81. The fourth-order valence-corrected chi connectivity index (χ4v) is 3.10. The molecule has 142 valence electrons. The fourth-order valence-electron chi connectivity index (χ4n) is 3.10. The van der Waals surface area contributed by atoms with E-state index in [1.807, 2.05) is 54.6 Å². The minimum atomic E-state index is -0.783. The summed E-state index contributed by atoms with van der Waals surface area (Å²) in [4.78, 5) is 28.4. The van der Waals surface area contributed by atoms with Crippen molar-refractivity contribution in [1.29, 1.82) is 0 Å². The van der Waals surface area contributed by atoms with Gasteiger partial charge in [0.1, 0.15) is 19.3 Å². The maximum absolute atomic E-state index is 12.7. The van der Waals surface area contributed by atoms with E-state index in [2.05, 4.69) is 20.7 Å². The van der Waals surface area contributed by atoms with Gasteiger partial charge >= 0.3 is 0 Å². The largest absolute Gasteiger partial charge is 0.356 e. The van der Waals surface area contributed by atoms with Gasteiger partial charge in [-0.3, -0.25) is 9.59 Å². The van der Waals surface area contributed by atoms with Crippen molar-refractivity contribution < 1.29 is 14.3 Å². The summed E-state index contributed by atoms with van der Waals surface area (Å²) in [7, 11) is 0. The normalized spacial score (nSPS) is 19.1. The van der Waals surface area contributed by atoms with E-state index in [1.165, 1.54) is 6.33 Å². The average Bonchev–Trinajstić information content (AvgIpc) is 3.28. The molecular weight excluding hydrogens is 358 g/mol. The molecule has 8 nitrogen and oxygen atoms in total. The molecular formula is C20H19N5O3. The van der Waals surface area contributed by atoms with E-state index in [0.717, 1.165) is 16.8 Å². The lowest BCUT2D eigenvalue weighted by Gasteiger charge is -2.31. The third kappa shape index (κ3) is 3.91. The minimum absolute atomic E-state index is 0.131. The topological polar surface area (TPSA) is 98.1 Å². The van der Waals surface area contributed by atoms with Crippen molar-refractivity contribution in [3.63, 3.8) is 0 Å². The van der Waals surface area contributed by atoms with Crippen LogP contribution in [0.5, 0.6) is 0 Å². The third-order valence-electron chi connectivity index (χ3n) is 4.52. The van der Waals surface area contributed by atoms with Crippen LogP contribution >= 0.6 is 0 Å². The first-order valence-electron chi connectivity index (χ1n) is 8.88. The second-order valence-corrected chi connectivity index (χ2v) is 6.41. The van der Waals surface area contributed by atoms with Crippen LogP contribution in [0.4, 0.5) is 0 Å². The molecule has 1 aliphatic heterocycles. The minimum Gasteiger partial charge on any atom is -0.356 e. The van der Waals surface area contributed by atoms with Gasteiger partial charge in [0.25, 0.3) is 5.91 Å². The van der Waals surface area contributed by atoms with Crippen molar-refractivity contribution in [2.45, 2.75) is 18.7 Å². The van der Waals surface area contributed by atoms with Gasteiger partial charge < -0.3 is 15.4 Å². The number of benzene rings is 2. The lowest BCUT2D eigenvalue weighted by atomic mass is 9.99. The molecule has 1 fully saturated rings. The van der Waals surface area contributed by atoms with E-state index in [4.69, 9.17) is 4.74 Å². The number of aromatic nitrogens is 3. The Hall–Kier alpha value is -3.52. The van der Waals surface area contributed by atoms with Crippen LogP contribution in [0.3, 0.4) is 0 Å². The molecule has 1 aromatic heterocycles. The maximum Gasteiger partial charge on any atom is 0.251 e. The monoisotopic (exact) mass is 377 g/mol. The Morgan fingerprint density at radius 2 is 1.96 bits per heavy atom. The summed E-state index contributed by atoms with van der Waals surface area (Å²) in [5.74, 6) is -0.504. The number of hydrogen-bond acceptors (Lipinski definition) is 5. The van der Waals surface area contributed by atoms with Crippen molar-refractivity contribution in [2.24, 2.45) is 0 Å². The van der Waals surface area contributed by atoms with E-state index >= 15 is 0 Å². The predicted octanol–water partition coefficient (Wildman–Crippen LogP) is 1.14. The van der Waals surface area contributed by atoms with Crippen LogP contribution in [-0.2, 0) is 20.9 Å². The fraction of sp³-hybridized carbons (Fsp3) is 0.200. The van der Waals surface area contributed by atoms with E-state index in [9.17, 15) is 9.59 Å². The highest BCUT2D eigenvalue weighted by Crippen LogP contribution is 2.22. The summed E-state index contributed by atoms with van der Waals surface area (Å²) in [6.45, 7) is 0.222. The van der Waals surface area contributed by atoms with Crippen LogP contribution in [0.2, 0.25) is 0 Å². The van der Waals surface area contributed by atoms with E-state index in [-0.39, 0.29) is 18.4 Å². The second-order valence-electron chi connectivity index (χ2n) is 6.41. The van der Waals surface area contributed by atoms with Crippen LogP contribution in [0, 0.1) is 0 Å². The van der Waals surface area contributed by atoms with Crippen LogP contribution in [0.1, 0.15) is 17.2 Å². The van der Waals surface area contributed by atoms with E-state index < -0.39 is 12.1 Å². The molecule has 0 radical (unpaired) electrons. The van der Waals surface area contributed by atoms with Crippen LogP contribution in [0.15, 0.2) is 67.3 Å². The van der Waals surface area contributed by atoms with Crippen molar-refractivity contribution in [1.82, 2.24) is 25.4 Å². The molecule has 3 aromatic rings. The highest BCUT2D eigenvalue weighted by Gasteiger charge is 2.35. The van der Waals surface area contributed by atoms with Gasteiger partial charge in [-0.15, -0.1) is 0 Å². The molecule has 2 N–H and O–H groups in total. The van der Waals surface area contributed by atoms with Crippen LogP contribution in [0.25, 0.3) is 5.69 Å². The van der Waals surface area contributed by atoms with Gasteiger partial charge in [-0.2, -0.15) is 5.10 Å². The Kier molecular flexibility index (Phi) is 5.11. The lowest BCUT2D eigenvalue weighted by Crippen LogP contribution is -2.52. The first-order chi connectivity index (χ1) is 13.7. The number of amides is 2. The number of ether oxygens (including phenoxy) is 1. The Balaban J connectivity index is 1.41. The smallest absolute Gasteiger partial charge is 0.251 e. The summed E-state index contributed by atoms with van der Waals surface area (Å²) < 4.78 is 7.19. The summed E-state index contributed by atoms with van der Waals surface area (Å²) in [5.41, 5.74) is 2.65. The van der Waals surface area contributed by atoms with Gasteiger partial charge in [-0.05, 0) is 23.3 Å². The SMILES string of the molecule is O=C1CO[C@H](C(=O)NCc2ccc(-n3cncn3)cc2)[C@@H](c2ccccc2)N1. The molecule has 0 spiro atoms. The molecule has 8 heteroatoms. The molecule has 0 saturated carbocycles. The van der Waals surface area contributed by atoms with Gasteiger partial charge in [0.05, 0.1) is 11.7 Å². The molecule has 0 unspecified atom stereocenters. The van der Waals surface area contributed by atoms with Crippen molar-refractivity contribution in [2.75, 3.05) is 6.61 Å². The standard InChI is InChI=1S/C20H19N5O3/c26-17-11-28-19(18(24-17)15-4-2-1-3-5-15)20(27)22-10-14-6-8-16(9-7-14)25-13-21-12-23-25/h1-9,12-13,18-19H,10-11H2,(H,22,27)(H,24,26)/t18-,19+/m1/s1. The van der Waals surface area contributed by atoms with Crippen LogP contribution in [-0.4, -0.2) is 39.3 Å². The summed E-state index contributed by atoms with van der Waals surface area (Å²) >= 11 is 0. The molecule has 0 bridgehead atoms. The first kappa shape index (κ1) is 17.9. The third-order valence-corrected chi connectivity index (χ3v) is 4.52. The van der Waals surface area contributed by atoms with Gasteiger partial charge in [-0.25, -0.2) is 9.67 Å². The highest BCUT2D eigenvalue weighted by atomic mass is 16.5. The quantitative estimate of drug-likeness (QED) is 0.695. The van der Waals surface area contributed by atoms with Crippen LogP contribution < -0.4 is 10.6 Å². The van der Waals surface area contributed by atoms with Crippen molar-refractivity contribution in [3.8, 4) is 5.69 Å². The van der Waals surface area contributed by atoms with E-state index in [1.54, 1.807) is 11.0 Å². The zero-order chi connectivity index (χ0) is 19.3. The summed E-state index contributed by atoms with van der Waals surface area (Å²) in [6, 6.07) is 16.4. The lowest BCUT2D eigenvalue weighted by molar-refractivity contribution is -0.148. The number of rotatable bonds is 5. The molecule has 0 aliphatic carbocycles. The molecule has 2 aromatic carbocycles. The zero-order valence-electron chi connectivity index (χ0n) is 15.0. The predicted molar refractivity (Wildman–Crippen MR) is 100 cm³/mol. The number of nitrogens with one attached hydrogen (secondary N) is 2. The van der Waals surface area contributed by atoms with Gasteiger partial charge in [0.2, 0.25) is 5.91 Å². The average molecular weight is 377 g/mol. The van der Waals surface area contributed by atoms with Gasteiger partial charge in [0.15, 0.2) is 6.10 Å². The molecule has 2 heterocycles. The summed E-state index contributed by atoms with van der Waals surface area (Å²) in [6.07, 6.45) is 2.31. The molecule has 28 heavy (non-hydrogen) atoms. The number of nitrogens with zero attached hydrogens (tertiary/aromatic N) is 3. The second kappa shape index (κ2) is 8.01. The van der Waals surface area contributed by atoms with Gasteiger partial charge in [-0.1, -0.05) is 42.5 Å². The first-order valence-corrected chi connectivity index (χ1v) is 8.88. The molecule has 1 aliphatic rings. The number of carbonyl (C=O) groups is 2. The highest BCUT2D eigenvalue weighted by molar-refractivity contribution is 5.86. The number of morpholine rings is 1.